The smallest absolute Gasteiger partial charge is 0.261 e. The van der Waals surface area contributed by atoms with Gasteiger partial charge in [0, 0.05) is 19.5 Å². The van der Waals surface area contributed by atoms with Gasteiger partial charge in [-0.05, 0) is 51.1 Å². The molecule has 1 atom stereocenters. The van der Waals surface area contributed by atoms with Crippen molar-refractivity contribution >= 4 is 10.9 Å². The quantitative estimate of drug-likeness (QED) is 0.836. The number of fused-ring (bicyclic) bond motifs is 2. The van der Waals surface area contributed by atoms with E-state index in [1.54, 1.807) is 0 Å². The zero-order valence-corrected chi connectivity index (χ0v) is 12.4. The summed E-state index contributed by atoms with van der Waals surface area (Å²) in [6.45, 7) is 3.85. The largest absolute Gasteiger partial charge is 0.309 e. The van der Waals surface area contributed by atoms with Crippen LogP contribution in [0, 0.1) is 12.8 Å². The van der Waals surface area contributed by atoms with Crippen LogP contribution in [0.15, 0.2) is 23.0 Å². The van der Waals surface area contributed by atoms with E-state index >= 15 is 0 Å². The molecule has 1 aliphatic heterocycles. The van der Waals surface area contributed by atoms with Crippen LogP contribution in [-0.4, -0.2) is 35.1 Å². The fourth-order valence-electron chi connectivity index (χ4n) is 3.10. The Morgan fingerprint density at radius 2 is 2.20 bits per heavy atom. The highest BCUT2D eigenvalue weighted by atomic mass is 16.1. The first kappa shape index (κ1) is 13.3. The molecule has 0 spiro atoms. The normalized spacial score (nSPS) is 18.5. The van der Waals surface area contributed by atoms with Gasteiger partial charge in [0.05, 0.1) is 10.9 Å². The molecule has 3 rings (SSSR count). The van der Waals surface area contributed by atoms with Crippen molar-refractivity contribution in [3.05, 3.63) is 39.9 Å². The predicted molar refractivity (Wildman–Crippen MR) is 81.1 cm³/mol. The fourth-order valence-corrected chi connectivity index (χ4v) is 3.10. The molecule has 0 amide bonds. The third kappa shape index (κ3) is 2.36. The maximum absolute atomic E-state index is 12.6. The van der Waals surface area contributed by atoms with Crippen molar-refractivity contribution in [1.82, 2.24) is 14.5 Å². The third-order valence-corrected chi connectivity index (χ3v) is 4.03. The molecule has 0 radical (unpaired) electrons. The molecule has 2 heterocycles. The number of hydrogen-bond acceptors (Lipinski definition) is 3. The van der Waals surface area contributed by atoms with Crippen LogP contribution >= 0.6 is 0 Å². The summed E-state index contributed by atoms with van der Waals surface area (Å²) in [5.74, 6) is 1.49. The highest BCUT2D eigenvalue weighted by Crippen LogP contribution is 2.20. The predicted octanol–water partition coefficient (Wildman–Crippen LogP) is 1.83. The second-order valence-electron chi connectivity index (χ2n) is 6.13. The van der Waals surface area contributed by atoms with E-state index in [9.17, 15) is 4.79 Å². The molecular weight excluding hydrogens is 250 g/mol. The Labute approximate surface area is 119 Å². The average molecular weight is 271 g/mol. The van der Waals surface area contributed by atoms with Gasteiger partial charge in [-0.3, -0.25) is 9.36 Å². The fraction of sp³-hybridized carbons (Fsp3) is 0.500. The highest BCUT2D eigenvalue weighted by Gasteiger charge is 2.22. The molecule has 0 saturated carbocycles. The lowest BCUT2D eigenvalue weighted by molar-refractivity contribution is 0.261. The summed E-state index contributed by atoms with van der Waals surface area (Å²) >= 11 is 0. The minimum absolute atomic E-state index is 0.119. The van der Waals surface area contributed by atoms with E-state index in [0.29, 0.717) is 5.92 Å². The van der Waals surface area contributed by atoms with Crippen LogP contribution in [0.5, 0.6) is 0 Å². The molecule has 1 aromatic carbocycles. The van der Waals surface area contributed by atoms with Crippen LogP contribution in [-0.2, 0) is 13.0 Å². The summed E-state index contributed by atoms with van der Waals surface area (Å²) < 4.78 is 1.88. The SMILES string of the molecule is Cc1ccc2c(=O)n3c(nc2c1)CCC(CN(C)C)C3. The summed E-state index contributed by atoms with van der Waals surface area (Å²) in [5.41, 5.74) is 2.11. The second-order valence-corrected chi connectivity index (χ2v) is 6.13. The van der Waals surface area contributed by atoms with Gasteiger partial charge >= 0.3 is 0 Å². The molecule has 0 N–H and O–H groups in total. The van der Waals surface area contributed by atoms with Gasteiger partial charge in [0.1, 0.15) is 5.82 Å². The molecule has 0 saturated heterocycles. The topological polar surface area (TPSA) is 38.1 Å². The molecule has 0 fully saturated rings. The van der Waals surface area contributed by atoms with Gasteiger partial charge in [0.25, 0.3) is 5.56 Å². The molecule has 0 aliphatic carbocycles. The number of hydrogen-bond donors (Lipinski definition) is 0. The van der Waals surface area contributed by atoms with E-state index in [4.69, 9.17) is 4.98 Å². The number of rotatable bonds is 2. The van der Waals surface area contributed by atoms with Gasteiger partial charge in [0.2, 0.25) is 0 Å². The molecule has 4 nitrogen and oxygen atoms in total. The second kappa shape index (κ2) is 5.02. The molecule has 106 valence electrons. The van der Waals surface area contributed by atoms with Gasteiger partial charge in [-0.25, -0.2) is 4.98 Å². The zero-order valence-electron chi connectivity index (χ0n) is 12.4. The molecule has 0 bridgehead atoms. The van der Waals surface area contributed by atoms with Crippen molar-refractivity contribution in [2.45, 2.75) is 26.3 Å². The Balaban J connectivity index is 2.06. The average Bonchev–Trinajstić information content (AvgIpc) is 2.39. The molecular formula is C16H21N3O. The van der Waals surface area contributed by atoms with Crippen LogP contribution in [0.25, 0.3) is 10.9 Å². The standard InChI is InChI=1S/C16H21N3O/c1-11-4-6-13-14(8-11)17-15-7-5-12(9-18(2)3)10-19(15)16(13)20/h4,6,8,12H,5,7,9-10H2,1-3H3. The zero-order chi connectivity index (χ0) is 14.3. The number of aromatic nitrogens is 2. The van der Waals surface area contributed by atoms with Crippen LogP contribution in [0.3, 0.4) is 0 Å². The van der Waals surface area contributed by atoms with Crippen molar-refractivity contribution in [3.63, 3.8) is 0 Å². The Kier molecular flexibility index (Phi) is 3.34. The van der Waals surface area contributed by atoms with E-state index in [-0.39, 0.29) is 5.56 Å². The third-order valence-electron chi connectivity index (χ3n) is 4.03. The lowest BCUT2D eigenvalue weighted by Gasteiger charge is -2.27. The van der Waals surface area contributed by atoms with Crippen LogP contribution < -0.4 is 5.56 Å². The van der Waals surface area contributed by atoms with Gasteiger partial charge in [0.15, 0.2) is 0 Å². The van der Waals surface area contributed by atoms with E-state index in [1.807, 2.05) is 29.7 Å². The number of benzene rings is 1. The summed E-state index contributed by atoms with van der Waals surface area (Å²) in [7, 11) is 4.17. The van der Waals surface area contributed by atoms with Crippen LogP contribution in [0.4, 0.5) is 0 Å². The van der Waals surface area contributed by atoms with E-state index < -0.39 is 0 Å². The van der Waals surface area contributed by atoms with E-state index in [1.165, 1.54) is 0 Å². The molecule has 1 unspecified atom stereocenters. The first-order valence-corrected chi connectivity index (χ1v) is 7.19. The monoisotopic (exact) mass is 271 g/mol. The van der Waals surface area contributed by atoms with Crippen LogP contribution in [0.1, 0.15) is 17.8 Å². The number of nitrogens with zero attached hydrogens (tertiary/aromatic N) is 3. The van der Waals surface area contributed by atoms with Crippen molar-refractivity contribution in [1.29, 1.82) is 0 Å². The van der Waals surface area contributed by atoms with E-state index in [0.717, 1.165) is 48.2 Å². The molecule has 2 aromatic rings. The highest BCUT2D eigenvalue weighted by molar-refractivity contribution is 5.78. The summed E-state index contributed by atoms with van der Waals surface area (Å²) in [6, 6.07) is 5.89. The van der Waals surface area contributed by atoms with E-state index in [2.05, 4.69) is 19.0 Å². The Hall–Kier alpha value is -1.68. The Bertz CT molecular complexity index is 703. The first-order chi connectivity index (χ1) is 9.54. The minimum atomic E-state index is 0.119. The van der Waals surface area contributed by atoms with Crippen molar-refractivity contribution in [3.8, 4) is 0 Å². The lowest BCUT2D eigenvalue weighted by atomic mass is 9.98. The molecule has 20 heavy (non-hydrogen) atoms. The summed E-state index contributed by atoms with van der Waals surface area (Å²) in [4.78, 5) is 19.5. The van der Waals surface area contributed by atoms with Gasteiger partial charge in [-0.1, -0.05) is 6.07 Å². The van der Waals surface area contributed by atoms with Gasteiger partial charge < -0.3 is 4.90 Å². The van der Waals surface area contributed by atoms with Crippen molar-refractivity contribution in [2.24, 2.45) is 5.92 Å². The Morgan fingerprint density at radius 3 is 2.95 bits per heavy atom. The first-order valence-electron chi connectivity index (χ1n) is 7.19. The van der Waals surface area contributed by atoms with Gasteiger partial charge in [-0.2, -0.15) is 0 Å². The Morgan fingerprint density at radius 1 is 1.40 bits per heavy atom. The molecule has 4 heteroatoms. The van der Waals surface area contributed by atoms with Gasteiger partial charge in [-0.15, -0.1) is 0 Å². The van der Waals surface area contributed by atoms with Crippen LogP contribution in [0.2, 0.25) is 0 Å². The minimum Gasteiger partial charge on any atom is -0.309 e. The summed E-state index contributed by atoms with van der Waals surface area (Å²) in [6.07, 6.45) is 2.01. The maximum Gasteiger partial charge on any atom is 0.261 e. The molecule has 1 aliphatic rings. The van der Waals surface area contributed by atoms with Crippen molar-refractivity contribution < 1.29 is 0 Å². The maximum atomic E-state index is 12.6. The summed E-state index contributed by atoms with van der Waals surface area (Å²) in [5, 5.41) is 0.741. The molecule has 1 aromatic heterocycles. The number of aryl methyl sites for hydroxylation is 2. The van der Waals surface area contributed by atoms with Crippen molar-refractivity contribution in [2.75, 3.05) is 20.6 Å². The lowest BCUT2D eigenvalue weighted by Crippen LogP contribution is -2.36.